The number of aromatic carboxylic acids is 1. The first-order chi connectivity index (χ1) is 8.88. The molecule has 3 nitrogen and oxygen atoms in total. The summed E-state index contributed by atoms with van der Waals surface area (Å²) in [4.78, 5) is 14.9. The predicted molar refractivity (Wildman–Crippen MR) is 71.6 cm³/mol. The number of carboxylic acid groups (broad SMARTS) is 1. The van der Waals surface area contributed by atoms with Crippen LogP contribution < -0.4 is 0 Å². The second kappa shape index (κ2) is 5.33. The molecule has 1 N–H and O–H groups in total. The van der Waals surface area contributed by atoms with Crippen molar-refractivity contribution in [1.29, 1.82) is 0 Å². The van der Waals surface area contributed by atoms with Crippen LogP contribution in [0.2, 0.25) is 15.2 Å². The van der Waals surface area contributed by atoms with Crippen LogP contribution in [0.5, 0.6) is 0 Å². The van der Waals surface area contributed by atoms with E-state index in [4.69, 9.17) is 39.9 Å². The summed E-state index contributed by atoms with van der Waals surface area (Å²) in [5.74, 6) is -1.85. The van der Waals surface area contributed by atoms with Crippen LogP contribution in [0.1, 0.15) is 10.4 Å². The summed E-state index contributed by atoms with van der Waals surface area (Å²) >= 11 is 17.3. The van der Waals surface area contributed by atoms with Gasteiger partial charge in [-0.15, -0.1) is 0 Å². The van der Waals surface area contributed by atoms with Crippen LogP contribution in [0.3, 0.4) is 0 Å². The maximum atomic E-state index is 13.4. The molecule has 0 amide bonds. The molecule has 1 heterocycles. The molecule has 1 aromatic heterocycles. The number of hydrogen-bond donors (Lipinski definition) is 1. The lowest BCUT2D eigenvalue weighted by Crippen LogP contribution is -1.98. The minimum atomic E-state index is -1.17. The minimum Gasteiger partial charge on any atom is -0.478 e. The van der Waals surface area contributed by atoms with Gasteiger partial charge in [-0.1, -0.05) is 34.8 Å². The Morgan fingerprint density at radius 2 is 1.79 bits per heavy atom. The van der Waals surface area contributed by atoms with Crippen molar-refractivity contribution in [3.63, 3.8) is 0 Å². The fourth-order valence-electron chi connectivity index (χ4n) is 1.48. The summed E-state index contributed by atoms with van der Waals surface area (Å²) in [5.41, 5.74) is 0.306. The Bertz CT molecular complexity index is 676. The van der Waals surface area contributed by atoms with E-state index >= 15 is 0 Å². The van der Waals surface area contributed by atoms with Gasteiger partial charge >= 0.3 is 5.97 Å². The fourth-order valence-corrected chi connectivity index (χ4v) is 2.17. The number of aromatic nitrogens is 1. The lowest BCUT2D eigenvalue weighted by Gasteiger charge is -2.07. The molecular formula is C12H5Cl3FNO2. The van der Waals surface area contributed by atoms with Gasteiger partial charge in [0, 0.05) is 5.56 Å². The zero-order chi connectivity index (χ0) is 14.2. The molecule has 1 aromatic carbocycles. The maximum absolute atomic E-state index is 13.4. The second-order valence-electron chi connectivity index (χ2n) is 3.62. The molecule has 0 bridgehead atoms. The van der Waals surface area contributed by atoms with E-state index in [1.165, 1.54) is 18.2 Å². The van der Waals surface area contributed by atoms with Crippen molar-refractivity contribution in [2.75, 3.05) is 0 Å². The molecule has 2 aromatic rings. The summed E-state index contributed by atoms with van der Waals surface area (Å²) in [7, 11) is 0. The largest absolute Gasteiger partial charge is 0.478 e. The highest BCUT2D eigenvalue weighted by molar-refractivity contribution is 6.36. The molecule has 2 rings (SSSR count). The molecule has 0 aliphatic carbocycles. The lowest BCUT2D eigenvalue weighted by molar-refractivity contribution is 0.0697. The van der Waals surface area contributed by atoms with E-state index in [9.17, 15) is 9.18 Å². The van der Waals surface area contributed by atoms with Gasteiger partial charge in [-0.25, -0.2) is 14.2 Å². The molecule has 0 unspecified atom stereocenters. The van der Waals surface area contributed by atoms with Gasteiger partial charge < -0.3 is 5.11 Å². The standard InChI is InChI=1S/C12H5Cl3FNO2/c13-7-4-8(14)9(16)3-6(7)10-1-5(12(18)19)2-11(15)17-10/h1-4H,(H,18,19). The highest BCUT2D eigenvalue weighted by Gasteiger charge is 2.14. The Morgan fingerprint density at radius 3 is 2.42 bits per heavy atom. The summed E-state index contributed by atoms with van der Waals surface area (Å²) in [6, 6.07) is 4.74. The summed E-state index contributed by atoms with van der Waals surface area (Å²) < 4.78 is 13.4. The van der Waals surface area contributed by atoms with Gasteiger partial charge in [0.25, 0.3) is 0 Å². The quantitative estimate of drug-likeness (QED) is 0.652. The average Bonchev–Trinajstić information content (AvgIpc) is 2.33. The van der Waals surface area contributed by atoms with E-state index in [1.54, 1.807) is 0 Å². The Hall–Kier alpha value is -1.36. The SMILES string of the molecule is O=C(O)c1cc(Cl)nc(-c2cc(F)c(Cl)cc2Cl)c1. The highest BCUT2D eigenvalue weighted by Crippen LogP contribution is 2.32. The fraction of sp³-hybridized carbons (Fsp3) is 0. The Morgan fingerprint density at radius 1 is 1.11 bits per heavy atom. The van der Waals surface area contributed by atoms with Crippen molar-refractivity contribution < 1.29 is 14.3 Å². The van der Waals surface area contributed by atoms with Crippen molar-refractivity contribution in [2.24, 2.45) is 0 Å². The van der Waals surface area contributed by atoms with Crippen molar-refractivity contribution in [3.05, 3.63) is 50.8 Å². The van der Waals surface area contributed by atoms with Crippen molar-refractivity contribution >= 4 is 40.8 Å². The summed E-state index contributed by atoms with van der Waals surface area (Å²) in [6.45, 7) is 0. The first kappa shape index (κ1) is 14.1. The lowest BCUT2D eigenvalue weighted by atomic mass is 10.1. The topological polar surface area (TPSA) is 50.2 Å². The summed E-state index contributed by atoms with van der Waals surface area (Å²) in [6.07, 6.45) is 0. The van der Waals surface area contributed by atoms with Gasteiger partial charge in [-0.05, 0) is 24.3 Å². The molecule has 0 spiro atoms. The van der Waals surface area contributed by atoms with E-state index in [0.29, 0.717) is 0 Å². The predicted octanol–water partition coefficient (Wildman–Crippen LogP) is 4.55. The Kier molecular flexibility index (Phi) is 3.94. The van der Waals surface area contributed by atoms with Crippen LogP contribution in [0, 0.1) is 5.82 Å². The van der Waals surface area contributed by atoms with E-state index in [1.807, 2.05) is 0 Å². The molecule has 0 saturated carbocycles. The smallest absolute Gasteiger partial charge is 0.335 e. The van der Waals surface area contributed by atoms with Crippen LogP contribution in [0.15, 0.2) is 24.3 Å². The number of halogens is 4. The molecule has 19 heavy (non-hydrogen) atoms. The normalized spacial score (nSPS) is 10.5. The molecule has 0 saturated heterocycles. The molecule has 0 aliphatic rings. The van der Waals surface area contributed by atoms with Crippen LogP contribution in [0.4, 0.5) is 4.39 Å². The van der Waals surface area contributed by atoms with Crippen molar-refractivity contribution in [1.82, 2.24) is 4.98 Å². The molecule has 7 heteroatoms. The number of pyridine rings is 1. The molecular weight excluding hydrogens is 315 g/mol. The molecule has 98 valence electrons. The molecule has 0 fully saturated rings. The van der Waals surface area contributed by atoms with E-state index in [2.05, 4.69) is 4.98 Å². The zero-order valence-corrected chi connectivity index (χ0v) is 11.4. The zero-order valence-electron chi connectivity index (χ0n) is 9.12. The Balaban J connectivity index is 2.65. The van der Waals surface area contributed by atoms with Crippen LogP contribution in [-0.2, 0) is 0 Å². The summed E-state index contributed by atoms with van der Waals surface area (Å²) in [5, 5.41) is 8.93. The van der Waals surface area contributed by atoms with E-state index in [-0.39, 0.29) is 32.0 Å². The maximum Gasteiger partial charge on any atom is 0.335 e. The third kappa shape index (κ3) is 2.97. The highest BCUT2D eigenvalue weighted by atomic mass is 35.5. The van der Waals surface area contributed by atoms with Gasteiger partial charge in [0.15, 0.2) is 0 Å². The van der Waals surface area contributed by atoms with Gasteiger partial charge in [0.05, 0.1) is 21.3 Å². The van der Waals surface area contributed by atoms with Crippen LogP contribution >= 0.6 is 34.8 Å². The number of carbonyl (C=O) groups is 1. The third-order valence-electron chi connectivity index (χ3n) is 2.33. The minimum absolute atomic E-state index is 0.0266. The van der Waals surface area contributed by atoms with E-state index < -0.39 is 11.8 Å². The van der Waals surface area contributed by atoms with Gasteiger partial charge in [0.2, 0.25) is 0 Å². The first-order valence-electron chi connectivity index (χ1n) is 4.94. The van der Waals surface area contributed by atoms with Crippen molar-refractivity contribution in [2.45, 2.75) is 0 Å². The molecule has 0 radical (unpaired) electrons. The van der Waals surface area contributed by atoms with Gasteiger partial charge in [-0.2, -0.15) is 0 Å². The molecule has 0 aliphatic heterocycles. The van der Waals surface area contributed by atoms with E-state index in [0.717, 1.165) is 6.07 Å². The van der Waals surface area contributed by atoms with Gasteiger partial charge in [-0.3, -0.25) is 0 Å². The molecule has 0 atom stereocenters. The average molecular weight is 321 g/mol. The number of hydrogen-bond acceptors (Lipinski definition) is 2. The monoisotopic (exact) mass is 319 g/mol. The second-order valence-corrected chi connectivity index (χ2v) is 4.82. The van der Waals surface area contributed by atoms with Crippen LogP contribution in [0.25, 0.3) is 11.3 Å². The number of carboxylic acids is 1. The first-order valence-corrected chi connectivity index (χ1v) is 6.07. The van der Waals surface area contributed by atoms with Gasteiger partial charge in [0.1, 0.15) is 11.0 Å². The number of rotatable bonds is 2. The number of nitrogens with zero attached hydrogens (tertiary/aromatic N) is 1. The number of benzene rings is 1. The van der Waals surface area contributed by atoms with Crippen molar-refractivity contribution in [3.8, 4) is 11.3 Å². The Labute approximate surface area is 122 Å². The van der Waals surface area contributed by atoms with Crippen LogP contribution in [-0.4, -0.2) is 16.1 Å². The third-order valence-corrected chi connectivity index (χ3v) is 3.12.